The van der Waals surface area contributed by atoms with E-state index in [0.717, 1.165) is 6.42 Å². The molecule has 1 unspecified atom stereocenters. The highest BCUT2D eigenvalue weighted by atomic mass is 16.6. The van der Waals surface area contributed by atoms with Gasteiger partial charge in [-0.25, -0.2) is 9.59 Å². The molecule has 0 aromatic rings. The van der Waals surface area contributed by atoms with Crippen LogP contribution in [0.1, 0.15) is 61.3 Å². The molecule has 1 rings (SSSR count). The van der Waals surface area contributed by atoms with Crippen LogP contribution in [0.3, 0.4) is 0 Å². The second-order valence-electron chi connectivity index (χ2n) is 8.39. The lowest BCUT2D eigenvalue weighted by molar-refractivity contribution is -0.154. The number of carbonyl (C=O) groups is 3. The van der Waals surface area contributed by atoms with E-state index in [4.69, 9.17) is 9.47 Å². The summed E-state index contributed by atoms with van der Waals surface area (Å²) in [6.07, 6.45) is 0.666. The monoisotopic (exact) mass is 356 g/mol. The van der Waals surface area contributed by atoms with Gasteiger partial charge in [-0.1, -0.05) is 20.8 Å². The summed E-state index contributed by atoms with van der Waals surface area (Å²) in [5.41, 5.74) is -1.19. The molecule has 0 radical (unpaired) electrons. The first kappa shape index (κ1) is 21.3. The van der Waals surface area contributed by atoms with Crippen molar-refractivity contribution in [2.75, 3.05) is 13.2 Å². The first-order valence-corrected chi connectivity index (χ1v) is 8.83. The maximum Gasteiger partial charge on any atom is 0.408 e. The second kappa shape index (κ2) is 8.06. The van der Waals surface area contributed by atoms with Crippen LogP contribution in [0, 0.1) is 5.41 Å². The molecule has 1 heterocycles. The van der Waals surface area contributed by atoms with E-state index in [9.17, 15) is 14.4 Å². The second-order valence-corrected chi connectivity index (χ2v) is 8.39. The number of esters is 1. The van der Waals surface area contributed by atoms with E-state index in [1.54, 1.807) is 27.7 Å². The van der Waals surface area contributed by atoms with Gasteiger partial charge in [0, 0.05) is 6.54 Å². The van der Waals surface area contributed by atoms with Crippen molar-refractivity contribution in [2.24, 2.45) is 5.41 Å². The minimum absolute atomic E-state index is 0.274. The van der Waals surface area contributed by atoms with Gasteiger partial charge in [0.2, 0.25) is 5.91 Å². The number of amides is 2. The molecule has 2 amide bonds. The summed E-state index contributed by atoms with van der Waals surface area (Å²) in [6.45, 7) is 13.4. The number of rotatable bonds is 4. The standard InChI is InChI=1S/C18H32N2O5/c1-8-24-15(22)12-10-9-11-20(12)14(21)13(17(2,3)4)19-16(23)25-18(5,6)7/h12-13H,8-11H2,1-7H3,(H,19,23)/t12?,13-/m1/s1. The highest BCUT2D eigenvalue weighted by Gasteiger charge is 2.42. The predicted molar refractivity (Wildman–Crippen MR) is 94.0 cm³/mol. The van der Waals surface area contributed by atoms with E-state index in [2.05, 4.69) is 5.32 Å². The predicted octanol–water partition coefficient (Wildman–Crippen LogP) is 2.48. The van der Waals surface area contributed by atoms with Gasteiger partial charge in [-0.2, -0.15) is 0 Å². The van der Waals surface area contributed by atoms with Crippen molar-refractivity contribution in [1.29, 1.82) is 0 Å². The van der Waals surface area contributed by atoms with Gasteiger partial charge in [-0.3, -0.25) is 4.79 Å². The molecule has 7 heteroatoms. The number of ether oxygens (including phenoxy) is 2. The van der Waals surface area contributed by atoms with Crippen molar-refractivity contribution >= 4 is 18.0 Å². The maximum absolute atomic E-state index is 13.1. The van der Waals surface area contributed by atoms with Crippen LogP contribution in [0.2, 0.25) is 0 Å². The Morgan fingerprint density at radius 1 is 1.16 bits per heavy atom. The van der Waals surface area contributed by atoms with E-state index in [-0.39, 0.29) is 12.5 Å². The summed E-state index contributed by atoms with van der Waals surface area (Å²) < 4.78 is 10.4. The van der Waals surface area contributed by atoms with E-state index >= 15 is 0 Å². The first-order valence-electron chi connectivity index (χ1n) is 8.83. The molecule has 1 aliphatic heterocycles. The minimum Gasteiger partial charge on any atom is -0.464 e. The van der Waals surface area contributed by atoms with Gasteiger partial charge < -0.3 is 19.7 Å². The molecular formula is C18H32N2O5. The fourth-order valence-corrected chi connectivity index (χ4v) is 2.75. The molecule has 7 nitrogen and oxygen atoms in total. The van der Waals surface area contributed by atoms with Crippen molar-refractivity contribution < 1.29 is 23.9 Å². The topological polar surface area (TPSA) is 84.9 Å². The molecule has 0 spiro atoms. The zero-order chi connectivity index (χ0) is 19.4. The molecule has 2 atom stereocenters. The van der Waals surface area contributed by atoms with Gasteiger partial charge >= 0.3 is 12.1 Å². The third-order valence-corrected chi connectivity index (χ3v) is 3.87. The van der Waals surface area contributed by atoms with Gasteiger partial charge in [0.25, 0.3) is 0 Å². The molecule has 1 N–H and O–H groups in total. The Bertz CT molecular complexity index is 505. The van der Waals surface area contributed by atoms with Crippen LogP contribution in [0.15, 0.2) is 0 Å². The summed E-state index contributed by atoms with van der Waals surface area (Å²) >= 11 is 0. The zero-order valence-corrected chi connectivity index (χ0v) is 16.5. The molecule has 1 aliphatic rings. The number of nitrogens with one attached hydrogen (secondary N) is 1. The van der Waals surface area contributed by atoms with Gasteiger partial charge in [0.15, 0.2) is 0 Å². The van der Waals surface area contributed by atoms with Crippen molar-refractivity contribution in [1.82, 2.24) is 10.2 Å². The number of alkyl carbamates (subject to hydrolysis) is 1. The lowest BCUT2D eigenvalue weighted by Gasteiger charge is -2.35. The molecule has 0 aromatic heterocycles. The van der Waals surface area contributed by atoms with Crippen LogP contribution >= 0.6 is 0 Å². The van der Waals surface area contributed by atoms with Gasteiger partial charge in [0.05, 0.1) is 6.61 Å². The Hall–Kier alpha value is -1.79. The largest absolute Gasteiger partial charge is 0.464 e. The lowest BCUT2D eigenvalue weighted by Crippen LogP contribution is -2.57. The van der Waals surface area contributed by atoms with E-state index in [0.29, 0.717) is 13.0 Å². The van der Waals surface area contributed by atoms with Crippen LogP contribution < -0.4 is 5.32 Å². The fraction of sp³-hybridized carbons (Fsp3) is 0.833. The van der Waals surface area contributed by atoms with Crippen LogP contribution in [0.5, 0.6) is 0 Å². The molecule has 0 aromatic carbocycles. The summed E-state index contributed by atoms with van der Waals surface area (Å²) in [4.78, 5) is 38.9. The summed E-state index contributed by atoms with van der Waals surface area (Å²) in [6, 6.07) is -1.38. The summed E-state index contributed by atoms with van der Waals surface area (Å²) in [5.74, 6) is -0.674. The summed E-state index contributed by atoms with van der Waals surface area (Å²) in [7, 11) is 0. The Morgan fingerprint density at radius 3 is 2.24 bits per heavy atom. The molecule has 25 heavy (non-hydrogen) atoms. The van der Waals surface area contributed by atoms with Gasteiger partial charge in [0.1, 0.15) is 17.7 Å². The Morgan fingerprint density at radius 2 is 1.76 bits per heavy atom. The third kappa shape index (κ3) is 6.21. The lowest BCUT2D eigenvalue weighted by atomic mass is 9.85. The molecule has 1 saturated heterocycles. The molecule has 0 aliphatic carbocycles. The number of hydrogen-bond acceptors (Lipinski definition) is 5. The van der Waals surface area contributed by atoms with Gasteiger partial charge in [-0.05, 0) is 46.0 Å². The van der Waals surface area contributed by atoms with Crippen molar-refractivity contribution in [2.45, 2.75) is 79.0 Å². The van der Waals surface area contributed by atoms with Crippen molar-refractivity contribution in [3.05, 3.63) is 0 Å². The average molecular weight is 356 g/mol. The molecule has 144 valence electrons. The molecule has 0 bridgehead atoms. The Kier molecular flexibility index (Phi) is 6.85. The van der Waals surface area contributed by atoms with Crippen LogP contribution in [-0.2, 0) is 19.1 Å². The quantitative estimate of drug-likeness (QED) is 0.782. The van der Waals surface area contributed by atoms with Crippen molar-refractivity contribution in [3.8, 4) is 0 Å². The van der Waals surface area contributed by atoms with E-state index < -0.39 is 35.2 Å². The minimum atomic E-state index is -0.794. The number of likely N-dealkylation sites (tertiary alicyclic amines) is 1. The molecule has 0 saturated carbocycles. The van der Waals surface area contributed by atoms with E-state index in [1.807, 2.05) is 20.8 Å². The molecule has 1 fully saturated rings. The number of carbonyl (C=O) groups excluding carboxylic acids is 3. The first-order chi connectivity index (χ1) is 11.4. The number of hydrogen-bond donors (Lipinski definition) is 1. The molecular weight excluding hydrogens is 324 g/mol. The Balaban J connectivity index is 2.93. The van der Waals surface area contributed by atoms with Crippen LogP contribution in [0.4, 0.5) is 4.79 Å². The average Bonchev–Trinajstić information content (AvgIpc) is 2.90. The number of nitrogens with zero attached hydrogens (tertiary/aromatic N) is 1. The smallest absolute Gasteiger partial charge is 0.408 e. The van der Waals surface area contributed by atoms with Crippen LogP contribution in [-0.4, -0.2) is 53.7 Å². The van der Waals surface area contributed by atoms with E-state index in [1.165, 1.54) is 4.90 Å². The highest BCUT2D eigenvalue weighted by molar-refractivity contribution is 5.90. The SMILES string of the molecule is CCOC(=O)C1CCCN1C(=O)[C@@H](NC(=O)OC(C)(C)C)C(C)(C)C. The normalized spacial score (nSPS) is 19.3. The third-order valence-electron chi connectivity index (χ3n) is 3.87. The zero-order valence-electron chi connectivity index (χ0n) is 16.5. The maximum atomic E-state index is 13.1. The van der Waals surface area contributed by atoms with Crippen LogP contribution in [0.25, 0.3) is 0 Å². The Labute approximate surface area is 150 Å². The van der Waals surface area contributed by atoms with Gasteiger partial charge in [-0.15, -0.1) is 0 Å². The summed E-state index contributed by atoms with van der Waals surface area (Å²) in [5, 5.41) is 2.68. The highest BCUT2D eigenvalue weighted by Crippen LogP contribution is 2.26. The van der Waals surface area contributed by atoms with Crippen molar-refractivity contribution in [3.63, 3.8) is 0 Å². The fourth-order valence-electron chi connectivity index (χ4n) is 2.75.